The molecule has 1 aliphatic heterocycles. The van der Waals surface area contributed by atoms with Crippen molar-refractivity contribution in [2.24, 2.45) is 5.92 Å². The zero-order chi connectivity index (χ0) is 13.3. The van der Waals surface area contributed by atoms with Crippen LogP contribution in [0, 0.1) is 5.92 Å². The number of amides is 1. The molecule has 98 valence electrons. The number of nitrogens with zero attached hydrogens (tertiary/aromatic N) is 1. The molecule has 1 fully saturated rings. The smallest absolute Gasteiger partial charge is 0.253 e. The molecule has 0 saturated carbocycles. The molecule has 1 aliphatic rings. The number of benzene rings is 1. The van der Waals surface area contributed by atoms with Gasteiger partial charge in [0.15, 0.2) is 0 Å². The van der Waals surface area contributed by atoms with Gasteiger partial charge in [-0.2, -0.15) is 0 Å². The highest BCUT2D eigenvalue weighted by atomic mass is 16.3. The summed E-state index contributed by atoms with van der Waals surface area (Å²) in [6.45, 7) is 8.00. The van der Waals surface area contributed by atoms with Crippen molar-refractivity contribution in [1.29, 1.82) is 0 Å². The van der Waals surface area contributed by atoms with Gasteiger partial charge in [0.05, 0.1) is 0 Å². The minimum absolute atomic E-state index is 0.0696. The summed E-state index contributed by atoms with van der Waals surface area (Å²) in [6, 6.07) is 7.84. The molecule has 1 heterocycles. The number of rotatable bonds is 2. The first-order valence-corrected chi connectivity index (χ1v) is 6.42. The Kier molecular flexibility index (Phi) is 3.44. The Morgan fingerprint density at radius 3 is 2.28 bits per heavy atom. The second-order valence-corrected chi connectivity index (χ2v) is 6.09. The number of hydrogen-bond donors (Lipinski definition) is 1. The quantitative estimate of drug-likeness (QED) is 0.869. The molecular formula is C15H21NO2. The van der Waals surface area contributed by atoms with E-state index in [1.807, 2.05) is 24.3 Å². The van der Waals surface area contributed by atoms with Gasteiger partial charge in [-0.05, 0) is 23.1 Å². The van der Waals surface area contributed by atoms with Crippen molar-refractivity contribution < 1.29 is 9.90 Å². The van der Waals surface area contributed by atoms with Gasteiger partial charge in [0.2, 0.25) is 0 Å². The van der Waals surface area contributed by atoms with Crippen LogP contribution >= 0.6 is 0 Å². The Morgan fingerprint density at radius 1 is 1.28 bits per heavy atom. The highest BCUT2D eigenvalue weighted by molar-refractivity contribution is 5.94. The number of hydrogen-bond acceptors (Lipinski definition) is 2. The third-order valence-corrected chi connectivity index (χ3v) is 3.50. The molecule has 1 aromatic rings. The number of aliphatic hydroxyl groups excluding tert-OH is 1. The number of carbonyl (C=O) groups is 1. The van der Waals surface area contributed by atoms with Crippen LogP contribution in [0.2, 0.25) is 0 Å². The van der Waals surface area contributed by atoms with Gasteiger partial charge in [-0.15, -0.1) is 0 Å². The zero-order valence-corrected chi connectivity index (χ0v) is 11.3. The van der Waals surface area contributed by atoms with Crippen molar-refractivity contribution in [2.75, 3.05) is 19.7 Å². The van der Waals surface area contributed by atoms with E-state index in [0.717, 1.165) is 5.56 Å². The topological polar surface area (TPSA) is 40.5 Å². The lowest BCUT2D eigenvalue weighted by atomic mass is 9.86. The minimum Gasteiger partial charge on any atom is -0.396 e. The zero-order valence-electron chi connectivity index (χ0n) is 11.3. The fourth-order valence-electron chi connectivity index (χ4n) is 2.15. The predicted molar refractivity (Wildman–Crippen MR) is 71.6 cm³/mol. The highest BCUT2D eigenvalue weighted by Crippen LogP contribution is 2.23. The van der Waals surface area contributed by atoms with Crippen molar-refractivity contribution in [1.82, 2.24) is 4.90 Å². The Bertz CT molecular complexity index is 425. The van der Waals surface area contributed by atoms with Gasteiger partial charge in [-0.3, -0.25) is 4.79 Å². The third-order valence-electron chi connectivity index (χ3n) is 3.50. The Balaban J connectivity index is 2.04. The highest BCUT2D eigenvalue weighted by Gasteiger charge is 2.30. The van der Waals surface area contributed by atoms with Crippen LogP contribution < -0.4 is 0 Å². The predicted octanol–water partition coefficient (Wildman–Crippen LogP) is 2.05. The van der Waals surface area contributed by atoms with Crippen molar-refractivity contribution in [3.05, 3.63) is 35.4 Å². The molecule has 18 heavy (non-hydrogen) atoms. The average Bonchev–Trinajstić information content (AvgIpc) is 2.26. The molecule has 0 radical (unpaired) electrons. The SMILES string of the molecule is CC(C)(C)c1ccc(C(=O)N2CC(CO)C2)cc1. The van der Waals surface area contributed by atoms with E-state index in [2.05, 4.69) is 20.8 Å². The summed E-state index contributed by atoms with van der Waals surface area (Å²) in [4.78, 5) is 13.9. The second kappa shape index (κ2) is 4.73. The van der Waals surface area contributed by atoms with Crippen LogP contribution in [0.3, 0.4) is 0 Å². The summed E-state index contributed by atoms with van der Waals surface area (Å²) in [5.74, 6) is 0.336. The van der Waals surface area contributed by atoms with Crippen LogP contribution in [0.1, 0.15) is 36.7 Å². The summed E-state index contributed by atoms with van der Waals surface area (Å²) in [7, 11) is 0. The molecule has 0 unspecified atom stereocenters. The van der Waals surface area contributed by atoms with Gasteiger partial charge >= 0.3 is 0 Å². The van der Waals surface area contributed by atoms with E-state index in [0.29, 0.717) is 13.1 Å². The lowest BCUT2D eigenvalue weighted by Gasteiger charge is -2.38. The summed E-state index contributed by atoms with van der Waals surface area (Å²) < 4.78 is 0. The van der Waals surface area contributed by atoms with E-state index < -0.39 is 0 Å². The molecule has 0 atom stereocenters. The molecule has 3 nitrogen and oxygen atoms in total. The van der Waals surface area contributed by atoms with Crippen LogP contribution in [-0.4, -0.2) is 35.6 Å². The third kappa shape index (κ3) is 2.56. The molecule has 2 rings (SSSR count). The maximum Gasteiger partial charge on any atom is 0.253 e. The maximum atomic E-state index is 12.1. The summed E-state index contributed by atoms with van der Waals surface area (Å²) in [5.41, 5.74) is 2.08. The molecule has 3 heteroatoms. The molecule has 0 bridgehead atoms. The first kappa shape index (κ1) is 13.1. The molecular weight excluding hydrogens is 226 g/mol. The Hall–Kier alpha value is -1.35. The number of aliphatic hydroxyl groups is 1. The average molecular weight is 247 g/mol. The van der Waals surface area contributed by atoms with Gasteiger partial charge in [-0.1, -0.05) is 32.9 Å². The van der Waals surface area contributed by atoms with E-state index in [9.17, 15) is 4.79 Å². The fourth-order valence-corrected chi connectivity index (χ4v) is 2.15. The standard InChI is InChI=1S/C15H21NO2/c1-15(2,3)13-6-4-12(5-7-13)14(18)16-8-11(9-16)10-17/h4-7,11,17H,8-10H2,1-3H3. The molecule has 1 saturated heterocycles. The van der Waals surface area contributed by atoms with E-state index >= 15 is 0 Å². The Labute approximate surface area is 108 Å². The Morgan fingerprint density at radius 2 is 1.83 bits per heavy atom. The van der Waals surface area contributed by atoms with Crippen molar-refractivity contribution >= 4 is 5.91 Å². The summed E-state index contributed by atoms with van der Waals surface area (Å²) in [6.07, 6.45) is 0. The van der Waals surface area contributed by atoms with Crippen LogP contribution in [0.5, 0.6) is 0 Å². The van der Waals surface area contributed by atoms with Crippen LogP contribution in [0.4, 0.5) is 0 Å². The van der Waals surface area contributed by atoms with E-state index in [-0.39, 0.29) is 23.8 Å². The first-order chi connectivity index (χ1) is 8.41. The molecule has 0 aliphatic carbocycles. The molecule has 1 N–H and O–H groups in total. The van der Waals surface area contributed by atoms with E-state index in [1.165, 1.54) is 5.56 Å². The number of likely N-dealkylation sites (tertiary alicyclic amines) is 1. The van der Waals surface area contributed by atoms with Crippen molar-refractivity contribution in [3.63, 3.8) is 0 Å². The normalized spacial score (nSPS) is 16.6. The van der Waals surface area contributed by atoms with Gasteiger partial charge in [0.1, 0.15) is 0 Å². The van der Waals surface area contributed by atoms with Crippen molar-refractivity contribution in [3.8, 4) is 0 Å². The van der Waals surface area contributed by atoms with Gasteiger partial charge in [-0.25, -0.2) is 0 Å². The lowest BCUT2D eigenvalue weighted by molar-refractivity contribution is 0.0362. The first-order valence-electron chi connectivity index (χ1n) is 6.42. The van der Waals surface area contributed by atoms with E-state index in [4.69, 9.17) is 5.11 Å². The summed E-state index contributed by atoms with van der Waals surface area (Å²) in [5, 5.41) is 8.94. The molecule has 0 spiro atoms. The van der Waals surface area contributed by atoms with E-state index in [1.54, 1.807) is 4.90 Å². The largest absolute Gasteiger partial charge is 0.396 e. The van der Waals surface area contributed by atoms with Crippen LogP contribution in [0.25, 0.3) is 0 Å². The molecule has 0 aromatic heterocycles. The van der Waals surface area contributed by atoms with Crippen LogP contribution in [-0.2, 0) is 5.41 Å². The van der Waals surface area contributed by atoms with Gasteiger partial charge < -0.3 is 10.0 Å². The fraction of sp³-hybridized carbons (Fsp3) is 0.533. The number of carbonyl (C=O) groups excluding carboxylic acids is 1. The van der Waals surface area contributed by atoms with Crippen molar-refractivity contribution in [2.45, 2.75) is 26.2 Å². The summed E-state index contributed by atoms with van der Waals surface area (Å²) >= 11 is 0. The molecule has 1 amide bonds. The minimum atomic E-state index is 0.0696. The second-order valence-electron chi connectivity index (χ2n) is 6.09. The monoisotopic (exact) mass is 247 g/mol. The molecule has 1 aromatic carbocycles. The maximum absolute atomic E-state index is 12.1. The van der Waals surface area contributed by atoms with Gasteiger partial charge in [0, 0.05) is 31.2 Å². The van der Waals surface area contributed by atoms with Gasteiger partial charge in [0.25, 0.3) is 5.91 Å². The lowest BCUT2D eigenvalue weighted by Crippen LogP contribution is -2.51. The van der Waals surface area contributed by atoms with Crippen LogP contribution in [0.15, 0.2) is 24.3 Å².